The van der Waals surface area contributed by atoms with Gasteiger partial charge >= 0.3 is 6.36 Å². The monoisotopic (exact) mass is 264 g/mol. The molecule has 1 aliphatic rings. The number of hydrogen-bond donors (Lipinski definition) is 0. The Bertz CT molecular complexity index is 453. The van der Waals surface area contributed by atoms with Crippen molar-refractivity contribution in [2.45, 2.75) is 19.2 Å². The minimum absolute atomic E-state index is 0.000418. The molecule has 0 bridgehead atoms. The van der Waals surface area contributed by atoms with Crippen LogP contribution in [-0.4, -0.2) is 12.1 Å². The van der Waals surface area contributed by atoms with Crippen molar-refractivity contribution in [2.24, 2.45) is 5.92 Å². The van der Waals surface area contributed by atoms with Crippen molar-refractivity contribution in [3.63, 3.8) is 0 Å². The molecule has 1 aromatic rings. The summed E-state index contributed by atoms with van der Waals surface area (Å²) in [6.45, 7) is 0. The van der Waals surface area contributed by atoms with E-state index in [0.29, 0.717) is 5.56 Å². The number of ether oxygens (including phenoxy) is 1. The highest BCUT2D eigenvalue weighted by Gasteiger charge is 2.33. The third kappa shape index (κ3) is 3.12. The first kappa shape index (κ1) is 12.2. The second-order valence-corrected chi connectivity index (χ2v) is 4.24. The smallest absolute Gasteiger partial charge is 0.404 e. The van der Waals surface area contributed by atoms with Crippen LogP contribution in [-0.2, 0) is 0 Å². The number of carbonyl (C=O) groups is 1. The Balaban J connectivity index is 2.19. The highest BCUT2D eigenvalue weighted by Crippen LogP contribution is 2.35. The summed E-state index contributed by atoms with van der Waals surface area (Å²) in [6.07, 6.45) is -3.12. The summed E-state index contributed by atoms with van der Waals surface area (Å²) in [5.74, 6) is -0.572. The molecule has 0 N–H and O–H groups in total. The van der Waals surface area contributed by atoms with Crippen LogP contribution in [0.2, 0.25) is 5.02 Å². The first-order chi connectivity index (χ1) is 7.87. The summed E-state index contributed by atoms with van der Waals surface area (Å²) in [6, 6.07) is 3.57. The minimum atomic E-state index is -4.79. The van der Waals surface area contributed by atoms with E-state index in [4.69, 9.17) is 11.6 Å². The molecule has 6 heteroatoms. The number of carbonyl (C=O) groups excluding carboxylic acids is 1. The predicted octanol–water partition coefficient (Wildman–Crippen LogP) is 3.83. The normalized spacial score (nSPS) is 15.8. The molecule has 1 saturated carbocycles. The van der Waals surface area contributed by atoms with E-state index < -0.39 is 12.1 Å². The highest BCUT2D eigenvalue weighted by atomic mass is 35.5. The first-order valence-electron chi connectivity index (χ1n) is 4.96. The Morgan fingerprint density at radius 2 is 2.00 bits per heavy atom. The third-order valence-corrected chi connectivity index (χ3v) is 2.69. The van der Waals surface area contributed by atoms with E-state index in [1.54, 1.807) is 0 Å². The van der Waals surface area contributed by atoms with E-state index in [1.165, 1.54) is 12.1 Å². The Kier molecular flexibility index (Phi) is 3.03. The van der Waals surface area contributed by atoms with Crippen LogP contribution in [0.25, 0.3) is 0 Å². The van der Waals surface area contributed by atoms with Gasteiger partial charge in [0.2, 0.25) is 0 Å². The third-order valence-electron chi connectivity index (χ3n) is 2.39. The van der Waals surface area contributed by atoms with Crippen molar-refractivity contribution in [3.05, 3.63) is 28.8 Å². The van der Waals surface area contributed by atoms with Crippen LogP contribution in [0.4, 0.5) is 13.2 Å². The van der Waals surface area contributed by atoms with Gasteiger partial charge in [-0.15, -0.1) is 13.2 Å². The topological polar surface area (TPSA) is 26.3 Å². The summed E-state index contributed by atoms with van der Waals surface area (Å²) < 4.78 is 39.6. The van der Waals surface area contributed by atoms with Crippen molar-refractivity contribution >= 4 is 17.4 Å². The van der Waals surface area contributed by atoms with E-state index in [-0.39, 0.29) is 16.7 Å². The standard InChI is InChI=1S/C11H8ClF3O2/c12-8-5-7(10(16)6-1-2-6)3-4-9(8)17-11(13,14)15/h3-6H,1-2H2. The lowest BCUT2D eigenvalue weighted by Gasteiger charge is -2.10. The van der Waals surface area contributed by atoms with Gasteiger partial charge in [0.1, 0.15) is 5.75 Å². The minimum Gasteiger partial charge on any atom is -0.404 e. The maximum atomic E-state index is 12.0. The fourth-order valence-electron chi connectivity index (χ4n) is 1.44. The second kappa shape index (κ2) is 4.22. The largest absolute Gasteiger partial charge is 0.573 e. The Morgan fingerprint density at radius 3 is 2.47 bits per heavy atom. The fraction of sp³-hybridized carbons (Fsp3) is 0.364. The molecule has 17 heavy (non-hydrogen) atoms. The van der Waals surface area contributed by atoms with Gasteiger partial charge < -0.3 is 4.74 Å². The summed E-state index contributed by atoms with van der Waals surface area (Å²) in [5.41, 5.74) is 0.326. The van der Waals surface area contributed by atoms with Gasteiger partial charge in [0.15, 0.2) is 5.78 Å². The zero-order chi connectivity index (χ0) is 12.6. The Hall–Kier alpha value is -1.23. The summed E-state index contributed by atoms with van der Waals surface area (Å²) in [7, 11) is 0. The Morgan fingerprint density at radius 1 is 1.35 bits per heavy atom. The molecule has 0 spiro atoms. The van der Waals surface area contributed by atoms with Crippen LogP contribution in [0, 0.1) is 5.92 Å². The molecule has 1 aromatic carbocycles. The average Bonchev–Trinajstić information content (AvgIpc) is 3.01. The molecule has 1 aliphatic carbocycles. The van der Waals surface area contributed by atoms with Crippen LogP contribution in [0.15, 0.2) is 18.2 Å². The van der Waals surface area contributed by atoms with Crippen molar-refractivity contribution < 1.29 is 22.7 Å². The molecular formula is C11H8ClF3O2. The van der Waals surface area contributed by atoms with Crippen LogP contribution < -0.4 is 4.74 Å². The van der Waals surface area contributed by atoms with Gasteiger partial charge in [-0.2, -0.15) is 0 Å². The number of halogens is 4. The molecule has 0 atom stereocenters. The molecule has 0 amide bonds. The van der Waals surface area contributed by atoms with Gasteiger partial charge in [0.25, 0.3) is 0 Å². The van der Waals surface area contributed by atoms with Crippen molar-refractivity contribution in [1.29, 1.82) is 0 Å². The molecule has 0 radical (unpaired) electrons. The molecule has 2 rings (SSSR count). The number of Topliss-reactive ketones (excluding diaryl/α,β-unsaturated/α-hetero) is 1. The molecule has 0 aromatic heterocycles. The molecular weight excluding hydrogens is 257 g/mol. The number of alkyl halides is 3. The zero-order valence-corrected chi connectivity index (χ0v) is 9.31. The Labute approximate surface area is 100 Å². The molecule has 2 nitrogen and oxygen atoms in total. The quantitative estimate of drug-likeness (QED) is 0.776. The van der Waals surface area contributed by atoms with Gasteiger partial charge in [0.05, 0.1) is 5.02 Å². The predicted molar refractivity (Wildman–Crippen MR) is 55.2 cm³/mol. The lowest BCUT2D eigenvalue weighted by atomic mass is 10.1. The highest BCUT2D eigenvalue weighted by molar-refractivity contribution is 6.32. The molecule has 1 fully saturated rings. The van der Waals surface area contributed by atoms with E-state index in [9.17, 15) is 18.0 Å². The number of benzene rings is 1. The molecule has 0 unspecified atom stereocenters. The average molecular weight is 265 g/mol. The van der Waals surface area contributed by atoms with E-state index in [1.807, 2.05) is 0 Å². The molecule has 92 valence electrons. The molecule has 0 saturated heterocycles. The van der Waals surface area contributed by atoms with Crippen LogP contribution in [0.5, 0.6) is 5.75 Å². The number of hydrogen-bond acceptors (Lipinski definition) is 2. The van der Waals surface area contributed by atoms with Gasteiger partial charge in [-0.3, -0.25) is 4.79 Å². The summed E-state index contributed by atoms with van der Waals surface area (Å²) in [4.78, 5) is 11.6. The van der Waals surface area contributed by atoms with Gasteiger partial charge in [-0.05, 0) is 31.0 Å². The van der Waals surface area contributed by atoms with E-state index >= 15 is 0 Å². The maximum Gasteiger partial charge on any atom is 0.573 e. The zero-order valence-electron chi connectivity index (χ0n) is 8.55. The van der Waals surface area contributed by atoms with Gasteiger partial charge in [-0.1, -0.05) is 11.6 Å². The van der Waals surface area contributed by atoms with E-state index in [2.05, 4.69) is 4.74 Å². The van der Waals surface area contributed by atoms with Crippen molar-refractivity contribution in [2.75, 3.05) is 0 Å². The van der Waals surface area contributed by atoms with E-state index in [0.717, 1.165) is 18.9 Å². The maximum absolute atomic E-state index is 12.0. The second-order valence-electron chi connectivity index (χ2n) is 3.83. The van der Waals surface area contributed by atoms with Crippen molar-refractivity contribution in [1.82, 2.24) is 0 Å². The number of rotatable bonds is 3. The summed E-state index contributed by atoms with van der Waals surface area (Å²) in [5, 5.41) is -0.214. The van der Waals surface area contributed by atoms with Crippen molar-refractivity contribution in [3.8, 4) is 5.75 Å². The number of ketones is 1. The van der Waals surface area contributed by atoms with Crippen LogP contribution in [0.3, 0.4) is 0 Å². The SMILES string of the molecule is O=C(c1ccc(OC(F)(F)F)c(Cl)c1)C1CC1. The molecule has 0 aliphatic heterocycles. The summed E-state index contributed by atoms with van der Waals surface area (Å²) >= 11 is 5.63. The van der Waals surface area contributed by atoms with Gasteiger partial charge in [-0.25, -0.2) is 0 Å². The van der Waals surface area contributed by atoms with Gasteiger partial charge in [0, 0.05) is 11.5 Å². The lowest BCUT2D eigenvalue weighted by Crippen LogP contribution is -2.17. The van der Waals surface area contributed by atoms with Crippen LogP contribution in [0.1, 0.15) is 23.2 Å². The van der Waals surface area contributed by atoms with Crippen LogP contribution >= 0.6 is 11.6 Å². The lowest BCUT2D eigenvalue weighted by molar-refractivity contribution is -0.274. The fourth-order valence-corrected chi connectivity index (χ4v) is 1.66. The first-order valence-corrected chi connectivity index (χ1v) is 5.34. The molecule has 0 heterocycles.